The summed E-state index contributed by atoms with van der Waals surface area (Å²) in [5.74, 6) is -0.881. The molecule has 2 heterocycles. The van der Waals surface area contributed by atoms with E-state index in [1.165, 1.54) is 35.6 Å². The van der Waals surface area contributed by atoms with Crippen LogP contribution in [0.2, 0.25) is 0 Å². The van der Waals surface area contributed by atoms with Gasteiger partial charge < -0.3 is 19.4 Å². The molecule has 0 unspecified atom stereocenters. The number of nitrogens with zero attached hydrogens (tertiary/aromatic N) is 2. The predicted octanol–water partition coefficient (Wildman–Crippen LogP) is 2.22. The van der Waals surface area contributed by atoms with E-state index in [-0.39, 0.29) is 19.0 Å². The largest absolute Gasteiger partial charge is 0.467 e. The third kappa shape index (κ3) is 6.01. The lowest BCUT2D eigenvalue weighted by Gasteiger charge is -2.16. The zero-order chi connectivity index (χ0) is 20.6. The van der Waals surface area contributed by atoms with Gasteiger partial charge in [0.05, 0.1) is 29.6 Å². The first-order chi connectivity index (χ1) is 14.0. The van der Waals surface area contributed by atoms with Gasteiger partial charge in [0.15, 0.2) is 6.61 Å². The van der Waals surface area contributed by atoms with E-state index >= 15 is 0 Å². The van der Waals surface area contributed by atoms with Crippen LogP contribution in [0.15, 0.2) is 53.2 Å². The Morgan fingerprint density at radius 1 is 1.24 bits per heavy atom. The SMILES string of the molecule is CN(CC(=O)NCc1ccco1)C(=O)COC(=O)/C=C/c1nc2ccccc2s1. The molecule has 8 nitrogen and oxygen atoms in total. The van der Waals surface area contributed by atoms with Crippen molar-refractivity contribution in [3.05, 3.63) is 59.5 Å². The fraction of sp³-hybridized carbons (Fsp3) is 0.200. The molecule has 0 saturated carbocycles. The first-order valence-electron chi connectivity index (χ1n) is 8.75. The van der Waals surface area contributed by atoms with Crippen LogP contribution in [-0.2, 0) is 25.7 Å². The van der Waals surface area contributed by atoms with Crippen LogP contribution in [0.5, 0.6) is 0 Å². The fourth-order valence-electron chi connectivity index (χ4n) is 2.35. The number of hydrogen-bond acceptors (Lipinski definition) is 7. The zero-order valence-electron chi connectivity index (χ0n) is 15.7. The quantitative estimate of drug-likeness (QED) is 0.449. The second kappa shape index (κ2) is 9.65. The molecule has 3 aromatic rings. The van der Waals surface area contributed by atoms with Crippen molar-refractivity contribution in [1.29, 1.82) is 0 Å². The van der Waals surface area contributed by atoms with E-state index in [0.29, 0.717) is 10.8 Å². The van der Waals surface area contributed by atoms with Gasteiger partial charge in [-0.05, 0) is 30.3 Å². The number of rotatable bonds is 8. The number of hydrogen-bond donors (Lipinski definition) is 1. The number of nitrogens with one attached hydrogen (secondary N) is 1. The van der Waals surface area contributed by atoms with Gasteiger partial charge in [-0.25, -0.2) is 9.78 Å². The first-order valence-corrected chi connectivity index (χ1v) is 9.56. The molecular formula is C20H19N3O5S. The highest BCUT2D eigenvalue weighted by Crippen LogP contribution is 2.22. The number of amides is 2. The van der Waals surface area contributed by atoms with Gasteiger partial charge in [-0.15, -0.1) is 11.3 Å². The van der Waals surface area contributed by atoms with Gasteiger partial charge >= 0.3 is 5.97 Å². The lowest BCUT2D eigenvalue weighted by atomic mass is 10.3. The maximum Gasteiger partial charge on any atom is 0.331 e. The van der Waals surface area contributed by atoms with Crippen molar-refractivity contribution in [1.82, 2.24) is 15.2 Å². The van der Waals surface area contributed by atoms with Crippen molar-refractivity contribution >= 4 is 45.4 Å². The van der Waals surface area contributed by atoms with Gasteiger partial charge in [-0.2, -0.15) is 0 Å². The molecule has 0 saturated heterocycles. The lowest BCUT2D eigenvalue weighted by Crippen LogP contribution is -2.39. The molecule has 2 amide bonds. The molecule has 0 aliphatic carbocycles. The number of furan rings is 1. The molecule has 1 aromatic carbocycles. The number of benzene rings is 1. The highest BCUT2D eigenvalue weighted by Gasteiger charge is 2.14. The van der Waals surface area contributed by atoms with E-state index in [1.807, 2.05) is 24.3 Å². The summed E-state index contributed by atoms with van der Waals surface area (Å²) in [6.45, 7) is -0.372. The molecule has 150 valence electrons. The van der Waals surface area contributed by atoms with E-state index in [1.54, 1.807) is 18.2 Å². The lowest BCUT2D eigenvalue weighted by molar-refractivity contribution is -0.148. The topological polar surface area (TPSA) is 102 Å². The van der Waals surface area contributed by atoms with Crippen molar-refractivity contribution < 1.29 is 23.5 Å². The minimum absolute atomic E-state index is 0.154. The molecule has 29 heavy (non-hydrogen) atoms. The van der Waals surface area contributed by atoms with Gasteiger partial charge in [0.1, 0.15) is 10.8 Å². The average molecular weight is 413 g/mol. The van der Waals surface area contributed by atoms with Crippen LogP contribution in [0, 0.1) is 0 Å². The van der Waals surface area contributed by atoms with E-state index in [2.05, 4.69) is 10.3 Å². The number of thiazole rings is 1. The third-order valence-electron chi connectivity index (χ3n) is 3.86. The number of fused-ring (bicyclic) bond motifs is 1. The van der Waals surface area contributed by atoms with Crippen molar-refractivity contribution in [2.45, 2.75) is 6.54 Å². The monoisotopic (exact) mass is 413 g/mol. The van der Waals surface area contributed by atoms with Crippen LogP contribution < -0.4 is 5.32 Å². The van der Waals surface area contributed by atoms with Crippen LogP contribution in [0.4, 0.5) is 0 Å². The standard InChI is InChI=1S/C20H19N3O5S/c1-23(12-17(24)21-11-14-5-4-10-27-14)19(25)13-28-20(26)9-8-18-22-15-6-2-3-7-16(15)29-18/h2-10H,11-13H2,1H3,(H,21,24)/b9-8+. The molecule has 0 aliphatic rings. The van der Waals surface area contributed by atoms with Gasteiger partial charge in [-0.1, -0.05) is 12.1 Å². The van der Waals surface area contributed by atoms with Crippen molar-refractivity contribution in [2.75, 3.05) is 20.2 Å². The first kappa shape index (κ1) is 20.3. The summed E-state index contributed by atoms with van der Waals surface area (Å²) < 4.78 is 11.1. The smallest absolute Gasteiger partial charge is 0.331 e. The Morgan fingerprint density at radius 3 is 2.83 bits per heavy atom. The Balaban J connectivity index is 1.40. The van der Waals surface area contributed by atoms with Crippen LogP contribution >= 0.6 is 11.3 Å². The molecular weight excluding hydrogens is 394 g/mol. The Hall–Kier alpha value is -3.46. The second-order valence-corrected chi connectivity index (χ2v) is 7.13. The molecule has 1 N–H and O–H groups in total. The highest BCUT2D eigenvalue weighted by atomic mass is 32.1. The normalized spacial score (nSPS) is 10.9. The maximum atomic E-state index is 12.0. The molecule has 0 fully saturated rings. The zero-order valence-corrected chi connectivity index (χ0v) is 16.5. The maximum absolute atomic E-state index is 12.0. The molecule has 0 radical (unpaired) electrons. The van der Waals surface area contributed by atoms with Crippen molar-refractivity contribution in [3.63, 3.8) is 0 Å². The molecule has 0 atom stereocenters. The van der Waals surface area contributed by atoms with E-state index in [9.17, 15) is 14.4 Å². The van der Waals surface area contributed by atoms with E-state index in [4.69, 9.17) is 9.15 Å². The Bertz CT molecular complexity index is 993. The van der Waals surface area contributed by atoms with E-state index in [0.717, 1.165) is 10.2 Å². The molecule has 3 rings (SSSR count). The molecule has 0 spiro atoms. The Labute approximate surface area is 170 Å². The van der Waals surface area contributed by atoms with Crippen molar-refractivity contribution in [2.24, 2.45) is 0 Å². The van der Waals surface area contributed by atoms with E-state index < -0.39 is 18.5 Å². The number of carbonyl (C=O) groups is 3. The summed E-state index contributed by atoms with van der Waals surface area (Å²) in [5, 5.41) is 3.30. The number of esters is 1. The molecule has 0 bridgehead atoms. The van der Waals surface area contributed by atoms with Gasteiger partial charge in [0.25, 0.3) is 5.91 Å². The summed E-state index contributed by atoms with van der Waals surface area (Å²) >= 11 is 1.45. The summed E-state index contributed by atoms with van der Waals surface area (Å²) in [5.41, 5.74) is 0.854. The summed E-state index contributed by atoms with van der Waals surface area (Å²) in [6, 6.07) is 11.1. The second-order valence-electron chi connectivity index (χ2n) is 6.07. The van der Waals surface area contributed by atoms with Crippen molar-refractivity contribution in [3.8, 4) is 0 Å². The summed E-state index contributed by atoms with van der Waals surface area (Å²) in [7, 11) is 1.46. The minimum atomic E-state index is -0.659. The molecule has 2 aromatic heterocycles. The average Bonchev–Trinajstić information content (AvgIpc) is 3.37. The van der Waals surface area contributed by atoms with Crippen LogP contribution in [-0.4, -0.2) is 47.9 Å². The van der Waals surface area contributed by atoms with Crippen LogP contribution in [0.1, 0.15) is 10.8 Å². The number of para-hydroxylation sites is 1. The number of likely N-dealkylation sites (N-methyl/N-ethyl adjacent to an activating group) is 1. The number of carbonyl (C=O) groups excluding carboxylic acids is 3. The fourth-order valence-corrected chi connectivity index (χ4v) is 3.22. The molecule has 9 heteroatoms. The summed E-state index contributed by atoms with van der Waals surface area (Å²) in [6.07, 6.45) is 4.28. The van der Waals surface area contributed by atoms with Crippen LogP contribution in [0.3, 0.4) is 0 Å². The minimum Gasteiger partial charge on any atom is -0.467 e. The third-order valence-corrected chi connectivity index (χ3v) is 4.86. The number of aromatic nitrogens is 1. The summed E-state index contributed by atoms with van der Waals surface area (Å²) in [4.78, 5) is 41.3. The highest BCUT2D eigenvalue weighted by molar-refractivity contribution is 7.19. The van der Waals surface area contributed by atoms with Crippen LogP contribution in [0.25, 0.3) is 16.3 Å². The van der Waals surface area contributed by atoms with Gasteiger partial charge in [-0.3, -0.25) is 9.59 Å². The predicted molar refractivity (Wildman–Crippen MR) is 108 cm³/mol. The molecule has 0 aliphatic heterocycles. The Morgan fingerprint density at radius 2 is 2.07 bits per heavy atom. The number of ether oxygens (including phenoxy) is 1. The Kier molecular flexibility index (Phi) is 6.75. The van der Waals surface area contributed by atoms with Gasteiger partial charge in [0, 0.05) is 13.1 Å². The van der Waals surface area contributed by atoms with Gasteiger partial charge in [0.2, 0.25) is 5.91 Å².